The Kier molecular flexibility index (Phi) is 3.02. The van der Waals surface area contributed by atoms with E-state index in [4.69, 9.17) is 5.73 Å². The minimum absolute atomic E-state index is 0.0312. The van der Waals surface area contributed by atoms with Gasteiger partial charge in [-0.15, -0.1) is 0 Å². The first kappa shape index (κ1) is 8.68. The molecule has 3 heteroatoms. The minimum atomic E-state index is -0.314. The molecule has 0 saturated carbocycles. The molecule has 3 nitrogen and oxygen atoms in total. The van der Waals surface area contributed by atoms with E-state index in [9.17, 15) is 4.79 Å². The van der Waals surface area contributed by atoms with E-state index in [1.165, 1.54) is 6.42 Å². The van der Waals surface area contributed by atoms with Crippen molar-refractivity contribution < 1.29 is 4.79 Å². The summed E-state index contributed by atoms with van der Waals surface area (Å²) in [6.45, 7) is 2.71. The van der Waals surface area contributed by atoms with Gasteiger partial charge in [-0.3, -0.25) is 4.79 Å². The van der Waals surface area contributed by atoms with E-state index < -0.39 is 0 Å². The van der Waals surface area contributed by atoms with Gasteiger partial charge in [0.05, 0.1) is 12.1 Å². The highest BCUT2D eigenvalue weighted by Crippen LogP contribution is 2.08. The van der Waals surface area contributed by atoms with E-state index in [-0.39, 0.29) is 17.9 Å². The van der Waals surface area contributed by atoms with Gasteiger partial charge in [-0.25, -0.2) is 0 Å². The Morgan fingerprint density at radius 1 is 1.64 bits per heavy atom. The molecule has 1 heterocycles. The van der Waals surface area contributed by atoms with Crippen LogP contribution in [0.1, 0.15) is 26.2 Å². The topological polar surface area (TPSA) is 55.1 Å². The van der Waals surface area contributed by atoms with E-state index in [0.717, 1.165) is 19.4 Å². The average Bonchev–Trinajstić information content (AvgIpc) is 2.05. The monoisotopic (exact) mass is 156 g/mol. The maximum absolute atomic E-state index is 11.3. The fourth-order valence-corrected chi connectivity index (χ4v) is 1.41. The largest absolute Gasteiger partial charge is 0.322 e. The van der Waals surface area contributed by atoms with Gasteiger partial charge in [0.25, 0.3) is 0 Å². The molecule has 64 valence electrons. The van der Waals surface area contributed by atoms with Crippen LogP contribution in [0.15, 0.2) is 0 Å². The molecule has 0 spiro atoms. The maximum atomic E-state index is 11.3. The lowest BCUT2D eigenvalue weighted by molar-refractivity contribution is -0.122. The van der Waals surface area contributed by atoms with Crippen LogP contribution in [-0.2, 0) is 4.79 Å². The third-order valence-electron chi connectivity index (χ3n) is 2.10. The van der Waals surface area contributed by atoms with Crippen molar-refractivity contribution in [1.29, 1.82) is 0 Å². The van der Waals surface area contributed by atoms with Gasteiger partial charge in [-0.05, 0) is 26.3 Å². The van der Waals surface area contributed by atoms with Gasteiger partial charge in [-0.2, -0.15) is 0 Å². The van der Waals surface area contributed by atoms with E-state index in [1.54, 1.807) is 6.92 Å². The molecule has 1 aliphatic heterocycles. The molecule has 2 unspecified atom stereocenters. The molecular weight excluding hydrogens is 140 g/mol. The van der Waals surface area contributed by atoms with Crippen molar-refractivity contribution in [2.45, 2.75) is 38.3 Å². The van der Waals surface area contributed by atoms with Crippen LogP contribution in [0.25, 0.3) is 0 Å². The van der Waals surface area contributed by atoms with E-state index in [0.29, 0.717) is 0 Å². The first-order chi connectivity index (χ1) is 5.22. The molecule has 0 aromatic carbocycles. The highest BCUT2D eigenvalue weighted by atomic mass is 16.1. The van der Waals surface area contributed by atoms with E-state index in [2.05, 4.69) is 5.32 Å². The Labute approximate surface area is 67.3 Å². The molecular formula is C8H16N2O. The van der Waals surface area contributed by atoms with Crippen LogP contribution >= 0.6 is 0 Å². The molecule has 0 aromatic heterocycles. The Morgan fingerprint density at radius 2 is 2.36 bits per heavy atom. The predicted octanol–water partition coefficient (Wildman–Crippen LogP) is 0.0448. The molecule has 0 aliphatic carbocycles. The summed E-state index contributed by atoms with van der Waals surface area (Å²) in [5.41, 5.74) is 5.48. The van der Waals surface area contributed by atoms with Gasteiger partial charge in [0, 0.05) is 0 Å². The highest BCUT2D eigenvalue weighted by Gasteiger charge is 2.22. The van der Waals surface area contributed by atoms with Gasteiger partial charge in [-0.1, -0.05) is 6.42 Å². The van der Waals surface area contributed by atoms with Crippen molar-refractivity contribution in [2.75, 3.05) is 6.54 Å². The Balaban J connectivity index is 2.39. The normalized spacial score (nSPS) is 28.0. The minimum Gasteiger partial charge on any atom is -0.322 e. The number of carbonyl (C=O) groups excluding carboxylic acids is 1. The SMILES string of the molecule is CC(N)C(=O)C1CCCCN1. The summed E-state index contributed by atoms with van der Waals surface area (Å²) in [4.78, 5) is 11.3. The third kappa shape index (κ3) is 2.27. The van der Waals surface area contributed by atoms with Crippen molar-refractivity contribution in [3.05, 3.63) is 0 Å². The molecule has 0 aromatic rings. The fourth-order valence-electron chi connectivity index (χ4n) is 1.41. The summed E-state index contributed by atoms with van der Waals surface area (Å²) < 4.78 is 0. The van der Waals surface area contributed by atoms with Gasteiger partial charge >= 0.3 is 0 Å². The van der Waals surface area contributed by atoms with Gasteiger partial charge in [0.2, 0.25) is 0 Å². The Hall–Kier alpha value is -0.410. The zero-order chi connectivity index (χ0) is 8.27. The van der Waals surface area contributed by atoms with Gasteiger partial charge in [0.1, 0.15) is 0 Å². The summed E-state index contributed by atoms with van der Waals surface area (Å²) in [5, 5.41) is 3.17. The number of hydrogen-bond donors (Lipinski definition) is 2. The second kappa shape index (κ2) is 3.83. The third-order valence-corrected chi connectivity index (χ3v) is 2.10. The molecule has 3 N–H and O–H groups in total. The summed E-state index contributed by atoms with van der Waals surface area (Å²) in [5.74, 6) is 0.157. The average molecular weight is 156 g/mol. The molecule has 0 amide bonds. The Bertz CT molecular complexity index is 139. The molecule has 11 heavy (non-hydrogen) atoms. The smallest absolute Gasteiger partial charge is 0.166 e. The van der Waals surface area contributed by atoms with Gasteiger partial charge < -0.3 is 11.1 Å². The van der Waals surface area contributed by atoms with Crippen LogP contribution in [-0.4, -0.2) is 24.4 Å². The van der Waals surface area contributed by atoms with Crippen LogP contribution in [0.2, 0.25) is 0 Å². The molecule has 0 radical (unpaired) electrons. The number of Topliss-reactive ketones (excluding diaryl/α,β-unsaturated/α-hetero) is 1. The van der Waals surface area contributed by atoms with Crippen molar-refractivity contribution in [1.82, 2.24) is 5.32 Å². The second-order valence-corrected chi connectivity index (χ2v) is 3.19. The molecule has 1 fully saturated rings. The number of carbonyl (C=O) groups is 1. The predicted molar refractivity (Wildman–Crippen MR) is 44.3 cm³/mol. The van der Waals surface area contributed by atoms with E-state index >= 15 is 0 Å². The number of ketones is 1. The first-order valence-electron chi connectivity index (χ1n) is 4.24. The number of piperidine rings is 1. The van der Waals surface area contributed by atoms with E-state index in [1.807, 2.05) is 0 Å². The number of nitrogens with one attached hydrogen (secondary N) is 1. The number of rotatable bonds is 2. The summed E-state index contributed by atoms with van der Waals surface area (Å²) >= 11 is 0. The summed E-state index contributed by atoms with van der Waals surface area (Å²) in [6, 6.07) is -0.283. The van der Waals surface area contributed by atoms with Crippen molar-refractivity contribution in [2.24, 2.45) is 5.73 Å². The van der Waals surface area contributed by atoms with Crippen LogP contribution in [0.5, 0.6) is 0 Å². The summed E-state index contributed by atoms with van der Waals surface area (Å²) in [7, 11) is 0. The molecule has 2 atom stereocenters. The lowest BCUT2D eigenvalue weighted by Gasteiger charge is -2.23. The number of hydrogen-bond acceptors (Lipinski definition) is 3. The standard InChI is InChI=1S/C8H16N2O/c1-6(9)8(11)7-4-2-3-5-10-7/h6-7,10H,2-5,9H2,1H3. The quantitative estimate of drug-likeness (QED) is 0.593. The van der Waals surface area contributed by atoms with Crippen molar-refractivity contribution in [3.8, 4) is 0 Å². The first-order valence-corrected chi connectivity index (χ1v) is 4.24. The molecule has 1 aliphatic rings. The van der Waals surface area contributed by atoms with Crippen molar-refractivity contribution in [3.63, 3.8) is 0 Å². The van der Waals surface area contributed by atoms with Crippen molar-refractivity contribution >= 4 is 5.78 Å². The zero-order valence-corrected chi connectivity index (χ0v) is 6.97. The second-order valence-electron chi connectivity index (χ2n) is 3.19. The van der Waals surface area contributed by atoms with Crippen LogP contribution in [0.4, 0.5) is 0 Å². The zero-order valence-electron chi connectivity index (χ0n) is 6.97. The highest BCUT2D eigenvalue weighted by molar-refractivity contribution is 5.88. The lowest BCUT2D eigenvalue weighted by atomic mass is 9.98. The molecule has 0 bridgehead atoms. The van der Waals surface area contributed by atoms with Crippen LogP contribution in [0.3, 0.4) is 0 Å². The van der Waals surface area contributed by atoms with Gasteiger partial charge in [0.15, 0.2) is 5.78 Å². The molecule has 1 rings (SSSR count). The van der Waals surface area contributed by atoms with Crippen LogP contribution < -0.4 is 11.1 Å². The van der Waals surface area contributed by atoms with Crippen LogP contribution in [0, 0.1) is 0 Å². The maximum Gasteiger partial charge on any atom is 0.166 e. The Morgan fingerprint density at radius 3 is 2.82 bits per heavy atom. The fraction of sp³-hybridized carbons (Fsp3) is 0.875. The number of nitrogens with two attached hydrogens (primary N) is 1. The molecule has 1 saturated heterocycles. The lowest BCUT2D eigenvalue weighted by Crippen LogP contribution is -2.46. The summed E-state index contributed by atoms with van der Waals surface area (Å²) in [6.07, 6.45) is 3.29.